The van der Waals surface area contributed by atoms with E-state index >= 15 is 0 Å². The molecule has 0 radical (unpaired) electrons. The van der Waals surface area contributed by atoms with Crippen molar-refractivity contribution in [1.82, 2.24) is 5.32 Å². The largest absolute Gasteiger partial charge is 0.356 e. The van der Waals surface area contributed by atoms with Crippen molar-refractivity contribution < 1.29 is 4.79 Å². The molecule has 0 saturated carbocycles. The summed E-state index contributed by atoms with van der Waals surface area (Å²) < 4.78 is 0. The van der Waals surface area contributed by atoms with E-state index in [0.717, 1.165) is 6.42 Å². The number of hydrogen-bond donors (Lipinski definition) is 1. The van der Waals surface area contributed by atoms with Crippen LogP contribution in [0.1, 0.15) is 25.5 Å². The van der Waals surface area contributed by atoms with Crippen LogP contribution < -0.4 is 5.32 Å². The summed E-state index contributed by atoms with van der Waals surface area (Å²) in [4.78, 5) is 10.8. The first-order chi connectivity index (χ1) is 8.16. The van der Waals surface area contributed by atoms with Gasteiger partial charge in [-0.05, 0) is 29.7 Å². The summed E-state index contributed by atoms with van der Waals surface area (Å²) in [6.45, 7) is 4.35. The quantitative estimate of drug-likeness (QED) is 0.878. The van der Waals surface area contributed by atoms with Crippen molar-refractivity contribution in [2.75, 3.05) is 6.54 Å². The Morgan fingerprint density at radius 1 is 1.22 bits per heavy atom. The molecule has 2 aromatic carbocycles. The molecule has 0 spiro atoms. The third-order valence-corrected chi connectivity index (χ3v) is 2.90. The maximum absolute atomic E-state index is 10.8. The van der Waals surface area contributed by atoms with Gasteiger partial charge in [-0.1, -0.05) is 49.4 Å². The highest BCUT2D eigenvalue weighted by Crippen LogP contribution is 2.20. The molecule has 0 saturated heterocycles. The van der Waals surface area contributed by atoms with Crippen LogP contribution in [0.3, 0.4) is 0 Å². The van der Waals surface area contributed by atoms with E-state index in [4.69, 9.17) is 0 Å². The summed E-state index contributed by atoms with van der Waals surface area (Å²) in [5.74, 6) is 0.0291. The smallest absolute Gasteiger partial charge is 0.216 e. The molecule has 1 N–H and O–H groups in total. The van der Waals surface area contributed by atoms with Gasteiger partial charge in [-0.3, -0.25) is 4.79 Å². The number of nitrogens with one attached hydrogen (secondary N) is 1. The van der Waals surface area contributed by atoms with Crippen molar-refractivity contribution in [2.45, 2.75) is 27.7 Å². The average Bonchev–Trinajstić information content (AvgIpc) is 2.29. The number of rotatable bonds is 3. The van der Waals surface area contributed by atoms with Gasteiger partial charge in [0.15, 0.2) is 0 Å². The first kappa shape index (κ1) is 14.2. The van der Waals surface area contributed by atoms with Gasteiger partial charge >= 0.3 is 0 Å². The minimum atomic E-state index is 0. The second kappa shape index (κ2) is 6.20. The van der Waals surface area contributed by atoms with Gasteiger partial charge in [-0.2, -0.15) is 0 Å². The van der Waals surface area contributed by atoms with E-state index in [-0.39, 0.29) is 13.3 Å². The monoisotopic (exact) mass is 243 g/mol. The van der Waals surface area contributed by atoms with Crippen LogP contribution in [0.4, 0.5) is 0 Å². The van der Waals surface area contributed by atoms with E-state index < -0.39 is 0 Å². The SMILES string of the molecule is C.CC(=O)NCCc1cccc2ccc(C)cc12. The van der Waals surface area contributed by atoms with Gasteiger partial charge in [-0.15, -0.1) is 0 Å². The number of aryl methyl sites for hydroxylation is 1. The van der Waals surface area contributed by atoms with Crippen molar-refractivity contribution in [1.29, 1.82) is 0 Å². The lowest BCUT2D eigenvalue weighted by molar-refractivity contribution is -0.118. The zero-order valence-electron chi connectivity index (χ0n) is 10.3. The first-order valence-corrected chi connectivity index (χ1v) is 5.89. The Morgan fingerprint density at radius 3 is 2.72 bits per heavy atom. The van der Waals surface area contributed by atoms with Crippen molar-refractivity contribution in [3.05, 3.63) is 47.5 Å². The molecule has 18 heavy (non-hydrogen) atoms. The van der Waals surface area contributed by atoms with Crippen LogP contribution in [0, 0.1) is 6.92 Å². The molecular formula is C16H21NO. The van der Waals surface area contributed by atoms with E-state index in [2.05, 4.69) is 48.6 Å². The van der Waals surface area contributed by atoms with Gasteiger partial charge in [0.05, 0.1) is 0 Å². The Balaban J connectivity index is 0.00000162. The molecule has 0 atom stereocenters. The van der Waals surface area contributed by atoms with Gasteiger partial charge in [-0.25, -0.2) is 0 Å². The molecule has 0 aliphatic carbocycles. The second-order valence-electron chi connectivity index (χ2n) is 4.37. The van der Waals surface area contributed by atoms with Gasteiger partial charge in [0.25, 0.3) is 0 Å². The molecule has 0 unspecified atom stereocenters. The summed E-state index contributed by atoms with van der Waals surface area (Å²) in [5, 5.41) is 5.38. The molecule has 2 nitrogen and oxygen atoms in total. The molecule has 0 bridgehead atoms. The molecule has 0 aliphatic rings. The second-order valence-corrected chi connectivity index (χ2v) is 4.37. The van der Waals surface area contributed by atoms with E-state index in [1.807, 2.05) is 0 Å². The third-order valence-electron chi connectivity index (χ3n) is 2.90. The van der Waals surface area contributed by atoms with Crippen molar-refractivity contribution >= 4 is 16.7 Å². The van der Waals surface area contributed by atoms with Crippen LogP contribution in [0.15, 0.2) is 36.4 Å². The highest BCUT2D eigenvalue weighted by atomic mass is 16.1. The third kappa shape index (κ3) is 3.33. The standard InChI is InChI=1S/C15H17NO.CH4/c1-11-6-7-13-4-3-5-14(15(13)10-11)8-9-16-12(2)17;/h3-7,10H,8-9H2,1-2H3,(H,16,17);1H4. The average molecular weight is 243 g/mol. The normalized spacial score (nSPS) is 9.89. The predicted molar refractivity (Wildman–Crippen MR) is 77.8 cm³/mol. The highest BCUT2D eigenvalue weighted by molar-refractivity contribution is 5.86. The Bertz CT molecular complexity index is 546. The van der Waals surface area contributed by atoms with Crippen LogP contribution in [-0.2, 0) is 11.2 Å². The molecule has 2 aromatic rings. The van der Waals surface area contributed by atoms with Crippen molar-refractivity contribution in [2.24, 2.45) is 0 Å². The zero-order valence-corrected chi connectivity index (χ0v) is 10.3. The number of benzene rings is 2. The fourth-order valence-corrected chi connectivity index (χ4v) is 2.04. The van der Waals surface area contributed by atoms with Crippen LogP contribution >= 0.6 is 0 Å². The van der Waals surface area contributed by atoms with Gasteiger partial charge in [0, 0.05) is 13.5 Å². The van der Waals surface area contributed by atoms with Crippen LogP contribution in [0.25, 0.3) is 10.8 Å². The highest BCUT2D eigenvalue weighted by Gasteiger charge is 2.01. The zero-order chi connectivity index (χ0) is 12.3. The number of hydrogen-bond acceptors (Lipinski definition) is 1. The Kier molecular flexibility index (Phi) is 4.90. The molecular weight excluding hydrogens is 222 g/mol. The summed E-state index contributed by atoms with van der Waals surface area (Å²) >= 11 is 0. The van der Waals surface area contributed by atoms with Crippen LogP contribution in [-0.4, -0.2) is 12.5 Å². The summed E-state index contributed by atoms with van der Waals surface area (Å²) in [7, 11) is 0. The van der Waals surface area contributed by atoms with Gasteiger partial charge in [0.1, 0.15) is 0 Å². The van der Waals surface area contributed by atoms with Gasteiger partial charge in [0.2, 0.25) is 5.91 Å². The van der Waals surface area contributed by atoms with Gasteiger partial charge < -0.3 is 5.32 Å². The number of amides is 1. The first-order valence-electron chi connectivity index (χ1n) is 5.89. The summed E-state index contributed by atoms with van der Waals surface area (Å²) in [6.07, 6.45) is 0.875. The molecule has 0 aliphatic heterocycles. The molecule has 0 fully saturated rings. The lowest BCUT2D eigenvalue weighted by Crippen LogP contribution is -2.22. The summed E-state index contributed by atoms with van der Waals surface area (Å²) in [5.41, 5.74) is 2.56. The summed E-state index contributed by atoms with van der Waals surface area (Å²) in [6, 6.07) is 12.8. The fourth-order valence-electron chi connectivity index (χ4n) is 2.04. The minimum absolute atomic E-state index is 0. The molecule has 2 heteroatoms. The predicted octanol–water partition coefficient (Wildman–Crippen LogP) is 3.46. The Morgan fingerprint density at radius 2 is 2.00 bits per heavy atom. The molecule has 0 heterocycles. The van der Waals surface area contributed by atoms with E-state index in [1.54, 1.807) is 6.92 Å². The van der Waals surface area contributed by atoms with E-state index in [0.29, 0.717) is 6.54 Å². The Hall–Kier alpha value is -1.83. The fraction of sp³-hybridized carbons (Fsp3) is 0.312. The van der Waals surface area contributed by atoms with Crippen molar-refractivity contribution in [3.63, 3.8) is 0 Å². The van der Waals surface area contributed by atoms with Crippen LogP contribution in [0.2, 0.25) is 0 Å². The number of fused-ring (bicyclic) bond motifs is 1. The lowest BCUT2D eigenvalue weighted by Gasteiger charge is -2.08. The van der Waals surface area contributed by atoms with Crippen LogP contribution in [0.5, 0.6) is 0 Å². The maximum Gasteiger partial charge on any atom is 0.216 e. The van der Waals surface area contributed by atoms with Crippen molar-refractivity contribution in [3.8, 4) is 0 Å². The maximum atomic E-state index is 10.8. The minimum Gasteiger partial charge on any atom is -0.356 e. The molecule has 1 amide bonds. The molecule has 96 valence electrons. The van der Waals surface area contributed by atoms with E-state index in [1.165, 1.54) is 21.9 Å². The number of carbonyl (C=O) groups excluding carboxylic acids is 1. The lowest BCUT2D eigenvalue weighted by atomic mass is 10.0. The number of carbonyl (C=O) groups is 1. The topological polar surface area (TPSA) is 29.1 Å². The Labute approximate surface area is 109 Å². The molecule has 2 rings (SSSR count). The molecule has 0 aromatic heterocycles. The van der Waals surface area contributed by atoms with E-state index in [9.17, 15) is 4.79 Å².